The first-order valence-corrected chi connectivity index (χ1v) is 16.0. The Labute approximate surface area is 255 Å². The SMILES string of the molecule is CC1CN(C(=O)N[C@H](Cc2ccc(F)cc2)C(=O)N2CCC(C(=O)NC(C)(C)C)(C3CCCCC3)CC2)CC(C)N1Cl. The normalized spacial score (nSPS) is 24.6. The molecule has 4 amide bonds. The lowest BCUT2D eigenvalue weighted by molar-refractivity contribution is -0.147. The molecule has 1 aliphatic carbocycles. The summed E-state index contributed by atoms with van der Waals surface area (Å²) in [6, 6.07) is 4.87. The number of hydrogen-bond donors (Lipinski definition) is 2. The maximum Gasteiger partial charge on any atom is 0.318 e. The minimum Gasteiger partial charge on any atom is -0.351 e. The predicted octanol–water partition coefficient (Wildman–Crippen LogP) is 5.10. The molecule has 2 saturated heterocycles. The van der Waals surface area contributed by atoms with Crippen LogP contribution in [0.25, 0.3) is 0 Å². The lowest BCUT2D eigenvalue weighted by Crippen LogP contribution is -2.61. The molecule has 0 aromatic heterocycles. The molecule has 3 aliphatic rings. The highest BCUT2D eigenvalue weighted by atomic mass is 35.5. The van der Waals surface area contributed by atoms with E-state index in [2.05, 4.69) is 10.6 Å². The van der Waals surface area contributed by atoms with Gasteiger partial charge in [0.05, 0.1) is 5.41 Å². The Hall–Kier alpha value is -2.39. The van der Waals surface area contributed by atoms with E-state index in [-0.39, 0.29) is 47.7 Å². The van der Waals surface area contributed by atoms with Crippen molar-refractivity contribution in [1.29, 1.82) is 0 Å². The maximum absolute atomic E-state index is 14.0. The standard InChI is InChI=1S/C32H49ClFN5O3/c1-22-20-38(21-23(2)39(22)33)30(42)35-27(19-24-11-13-26(34)14-12-24)28(40)37-17-15-32(16-18-37,25-9-7-6-8-10-25)29(41)36-31(3,4)5/h11-14,22-23,25,27H,6-10,15-21H2,1-5H3,(H,35,42)(H,36,41)/t22?,23?,27-/m1/s1. The van der Waals surface area contributed by atoms with Gasteiger partial charge < -0.3 is 20.4 Å². The van der Waals surface area contributed by atoms with Gasteiger partial charge in [0.1, 0.15) is 11.9 Å². The van der Waals surface area contributed by atoms with Gasteiger partial charge in [-0.25, -0.2) is 13.6 Å². The molecule has 0 bridgehead atoms. The van der Waals surface area contributed by atoms with Crippen molar-refractivity contribution in [2.75, 3.05) is 26.2 Å². The van der Waals surface area contributed by atoms with Crippen LogP contribution in [0, 0.1) is 17.2 Å². The molecular weight excluding hydrogens is 557 g/mol. The number of nitrogens with one attached hydrogen (secondary N) is 2. The lowest BCUT2D eigenvalue weighted by Gasteiger charge is -2.48. The van der Waals surface area contributed by atoms with Crippen LogP contribution in [0.3, 0.4) is 0 Å². The summed E-state index contributed by atoms with van der Waals surface area (Å²) in [7, 11) is 0. The van der Waals surface area contributed by atoms with Crippen LogP contribution in [0.4, 0.5) is 9.18 Å². The fourth-order valence-electron chi connectivity index (χ4n) is 7.05. The Morgan fingerprint density at radius 3 is 2.10 bits per heavy atom. The van der Waals surface area contributed by atoms with Crippen molar-refractivity contribution in [2.24, 2.45) is 11.3 Å². The van der Waals surface area contributed by atoms with Crippen LogP contribution in [0.5, 0.6) is 0 Å². The molecule has 42 heavy (non-hydrogen) atoms. The minimum atomic E-state index is -0.812. The highest BCUT2D eigenvalue weighted by Gasteiger charge is 2.49. The van der Waals surface area contributed by atoms with Crippen molar-refractivity contribution < 1.29 is 18.8 Å². The second-order valence-corrected chi connectivity index (χ2v) is 14.2. The van der Waals surface area contributed by atoms with Crippen molar-refractivity contribution in [3.63, 3.8) is 0 Å². The average molecular weight is 606 g/mol. The van der Waals surface area contributed by atoms with Crippen molar-refractivity contribution in [2.45, 2.75) is 110 Å². The summed E-state index contributed by atoms with van der Waals surface area (Å²) in [4.78, 5) is 44.8. The number of benzene rings is 1. The number of urea groups is 1. The largest absolute Gasteiger partial charge is 0.351 e. The molecule has 1 aromatic carbocycles. The number of rotatable bonds is 6. The molecule has 234 valence electrons. The second-order valence-electron chi connectivity index (χ2n) is 13.8. The van der Waals surface area contributed by atoms with Crippen LogP contribution in [-0.4, -0.2) is 81.9 Å². The number of carbonyl (C=O) groups excluding carboxylic acids is 3. The number of piperazine rings is 1. The van der Waals surface area contributed by atoms with E-state index in [1.807, 2.05) is 39.5 Å². The third-order valence-corrected chi connectivity index (χ3v) is 10.0. The summed E-state index contributed by atoms with van der Waals surface area (Å²) in [6.45, 7) is 11.8. The zero-order chi connectivity index (χ0) is 30.7. The molecule has 10 heteroatoms. The lowest BCUT2D eigenvalue weighted by atomic mass is 9.63. The van der Waals surface area contributed by atoms with E-state index < -0.39 is 11.5 Å². The summed E-state index contributed by atoms with van der Waals surface area (Å²) in [5.74, 6) is -0.105. The van der Waals surface area contributed by atoms with Gasteiger partial charge in [-0.3, -0.25) is 9.59 Å². The van der Waals surface area contributed by atoms with Crippen LogP contribution < -0.4 is 10.6 Å². The molecule has 8 nitrogen and oxygen atoms in total. The molecule has 4 rings (SSSR count). The van der Waals surface area contributed by atoms with E-state index in [0.717, 1.165) is 31.2 Å². The van der Waals surface area contributed by atoms with E-state index in [1.54, 1.807) is 21.5 Å². The van der Waals surface area contributed by atoms with Crippen LogP contribution in [0.15, 0.2) is 24.3 Å². The summed E-state index contributed by atoms with van der Waals surface area (Å²) in [6.07, 6.45) is 7.03. The Morgan fingerprint density at radius 1 is 0.976 bits per heavy atom. The van der Waals surface area contributed by atoms with Gasteiger partial charge >= 0.3 is 6.03 Å². The number of carbonyl (C=O) groups is 3. The Kier molecular flexibility index (Phi) is 10.5. The Bertz CT molecular complexity index is 1080. The van der Waals surface area contributed by atoms with Crippen molar-refractivity contribution in [3.8, 4) is 0 Å². The first-order chi connectivity index (χ1) is 19.8. The van der Waals surface area contributed by atoms with Gasteiger partial charge in [-0.05, 0) is 95.7 Å². The highest BCUT2D eigenvalue weighted by Crippen LogP contribution is 2.46. The summed E-state index contributed by atoms with van der Waals surface area (Å²) >= 11 is 6.36. The number of likely N-dealkylation sites (tertiary alicyclic amines) is 1. The third-order valence-electron chi connectivity index (χ3n) is 9.34. The summed E-state index contributed by atoms with van der Waals surface area (Å²) in [5.41, 5.74) is -0.0612. The Balaban J connectivity index is 1.51. The van der Waals surface area contributed by atoms with Gasteiger partial charge in [0.25, 0.3) is 0 Å². The summed E-state index contributed by atoms with van der Waals surface area (Å²) in [5, 5.41) is 6.26. The number of hydrogen-bond acceptors (Lipinski definition) is 4. The van der Waals surface area contributed by atoms with Gasteiger partial charge in [0.15, 0.2) is 0 Å². The predicted molar refractivity (Wildman–Crippen MR) is 163 cm³/mol. The number of nitrogens with zero attached hydrogens (tertiary/aromatic N) is 3. The Morgan fingerprint density at radius 2 is 1.55 bits per heavy atom. The third kappa shape index (κ3) is 7.76. The van der Waals surface area contributed by atoms with E-state index in [4.69, 9.17) is 11.8 Å². The van der Waals surface area contributed by atoms with Crippen LogP contribution in [0.1, 0.15) is 85.1 Å². The minimum absolute atomic E-state index is 0.0262. The topological polar surface area (TPSA) is 85.0 Å². The number of halogens is 2. The molecule has 0 spiro atoms. The van der Waals surface area contributed by atoms with E-state index in [1.165, 1.54) is 18.6 Å². The molecule has 3 fully saturated rings. The van der Waals surface area contributed by atoms with E-state index in [9.17, 15) is 18.8 Å². The van der Waals surface area contributed by atoms with Gasteiger partial charge in [-0.1, -0.05) is 31.4 Å². The van der Waals surface area contributed by atoms with Crippen LogP contribution in [0.2, 0.25) is 0 Å². The van der Waals surface area contributed by atoms with Crippen molar-refractivity contribution in [3.05, 3.63) is 35.6 Å². The second kappa shape index (κ2) is 13.5. The van der Waals surface area contributed by atoms with E-state index >= 15 is 0 Å². The molecule has 2 unspecified atom stereocenters. The average Bonchev–Trinajstić information content (AvgIpc) is 2.95. The number of piperidine rings is 1. The smallest absolute Gasteiger partial charge is 0.318 e. The fraction of sp³-hybridized carbons (Fsp3) is 0.719. The van der Waals surface area contributed by atoms with Gasteiger partial charge in [-0.2, -0.15) is 0 Å². The molecule has 0 radical (unpaired) electrons. The first kappa shape index (κ1) is 32.5. The molecule has 2 N–H and O–H groups in total. The van der Waals surface area contributed by atoms with E-state index in [0.29, 0.717) is 44.9 Å². The number of amides is 4. The monoisotopic (exact) mass is 605 g/mol. The molecular formula is C32H49ClFN5O3. The summed E-state index contributed by atoms with van der Waals surface area (Å²) < 4.78 is 15.4. The van der Waals surface area contributed by atoms with Crippen LogP contribution >= 0.6 is 11.8 Å². The fourth-order valence-corrected chi connectivity index (χ4v) is 7.18. The zero-order valence-corrected chi connectivity index (χ0v) is 26.7. The quantitative estimate of drug-likeness (QED) is 0.442. The molecule has 1 aromatic rings. The molecule has 2 aliphatic heterocycles. The maximum atomic E-state index is 14.0. The van der Waals surface area contributed by atoms with Gasteiger partial charge in [0, 0.05) is 50.2 Å². The zero-order valence-electron chi connectivity index (χ0n) is 25.9. The first-order valence-electron chi connectivity index (χ1n) is 15.6. The molecule has 1 saturated carbocycles. The van der Waals surface area contributed by atoms with Crippen LogP contribution in [-0.2, 0) is 16.0 Å². The highest BCUT2D eigenvalue weighted by molar-refractivity contribution is 6.13. The van der Waals surface area contributed by atoms with Gasteiger partial charge in [-0.15, -0.1) is 0 Å². The van der Waals surface area contributed by atoms with Crippen molar-refractivity contribution >= 4 is 29.6 Å². The molecule has 2 heterocycles. The molecule has 3 atom stereocenters. The van der Waals surface area contributed by atoms with Crippen molar-refractivity contribution in [1.82, 2.24) is 24.9 Å². The van der Waals surface area contributed by atoms with Gasteiger partial charge in [0.2, 0.25) is 11.8 Å².